The summed E-state index contributed by atoms with van der Waals surface area (Å²) in [7, 11) is 0. The summed E-state index contributed by atoms with van der Waals surface area (Å²) in [5, 5.41) is 12.7. The molecule has 1 saturated carbocycles. The van der Waals surface area contributed by atoms with Crippen molar-refractivity contribution in [2.75, 3.05) is 26.2 Å². The first-order valence-corrected chi connectivity index (χ1v) is 7.70. The van der Waals surface area contributed by atoms with Gasteiger partial charge in [0.15, 0.2) is 0 Å². The second kappa shape index (κ2) is 6.71. The van der Waals surface area contributed by atoms with Crippen molar-refractivity contribution in [1.29, 1.82) is 0 Å². The molecule has 0 amide bonds. The lowest BCUT2D eigenvalue weighted by Gasteiger charge is -2.38. The number of aliphatic carboxylic acids is 1. The second-order valence-corrected chi connectivity index (χ2v) is 6.86. The van der Waals surface area contributed by atoms with E-state index in [-0.39, 0.29) is 0 Å². The van der Waals surface area contributed by atoms with Gasteiger partial charge in [0.25, 0.3) is 0 Å². The van der Waals surface area contributed by atoms with E-state index in [4.69, 9.17) is 5.11 Å². The summed E-state index contributed by atoms with van der Waals surface area (Å²) in [5.41, 5.74) is 0. The Kier molecular flexibility index (Phi) is 5.22. The summed E-state index contributed by atoms with van der Waals surface area (Å²) in [6.07, 6.45) is 4.08. The Balaban J connectivity index is 1.83. The molecule has 2 rings (SSSR count). The fourth-order valence-electron chi connectivity index (χ4n) is 3.17. The Labute approximate surface area is 116 Å². The fraction of sp³-hybridized carbons (Fsp3) is 0.933. The summed E-state index contributed by atoms with van der Waals surface area (Å²) >= 11 is 0. The van der Waals surface area contributed by atoms with Crippen molar-refractivity contribution in [1.82, 2.24) is 10.2 Å². The van der Waals surface area contributed by atoms with Crippen LogP contribution in [0.2, 0.25) is 0 Å². The van der Waals surface area contributed by atoms with Gasteiger partial charge in [0.05, 0.1) is 0 Å². The van der Waals surface area contributed by atoms with Crippen LogP contribution in [0.5, 0.6) is 0 Å². The molecule has 2 unspecified atom stereocenters. The van der Waals surface area contributed by atoms with Crippen molar-refractivity contribution in [3.8, 4) is 0 Å². The predicted molar refractivity (Wildman–Crippen MR) is 76.2 cm³/mol. The van der Waals surface area contributed by atoms with Crippen molar-refractivity contribution >= 4 is 5.97 Å². The number of nitrogens with one attached hydrogen (secondary N) is 1. The van der Waals surface area contributed by atoms with Gasteiger partial charge in [0.1, 0.15) is 0 Å². The highest BCUT2D eigenvalue weighted by Gasteiger charge is 2.30. The van der Waals surface area contributed by atoms with E-state index in [9.17, 15) is 4.79 Å². The van der Waals surface area contributed by atoms with Gasteiger partial charge >= 0.3 is 5.97 Å². The van der Waals surface area contributed by atoms with Crippen LogP contribution in [0, 0.1) is 17.8 Å². The Morgan fingerprint density at radius 3 is 2.63 bits per heavy atom. The van der Waals surface area contributed by atoms with Gasteiger partial charge in [0.2, 0.25) is 0 Å². The zero-order chi connectivity index (χ0) is 13.8. The zero-order valence-corrected chi connectivity index (χ0v) is 12.3. The molecule has 4 nitrogen and oxygen atoms in total. The molecule has 2 N–H and O–H groups in total. The smallest absolute Gasteiger partial charge is 0.303 e. The van der Waals surface area contributed by atoms with E-state index in [1.54, 1.807) is 0 Å². The molecule has 2 fully saturated rings. The van der Waals surface area contributed by atoms with Gasteiger partial charge in [-0.3, -0.25) is 4.79 Å². The quantitative estimate of drug-likeness (QED) is 0.739. The first-order chi connectivity index (χ1) is 9.02. The molecule has 1 aliphatic heterocycles. The van der Waals surface area contributed by atoms with Crippen LogP contribution >= 0.6 is 0 Å². The molecule has 0 spiro atoms. The summed E-state index contributed by atoms with van der Waals surface area (Å²) in [6, 6.07) is 0.484. The Bertz CT molecular complexity index is 303. The van der Waals surface area contributed by atoms with Crippen molar-refractivity contribution in [2.24, 2.45) is 17.8 Å². The number of hydrogen-bond donors (Lipinski definition) is 2. The van der Waals surface area contributed by atoms with E-state index in [0.717, 1.165) is 38.5 Å². The molecule has 0 aromatic heterocycles. The molecule has 4 heteroatoms. The SMILES string of the molecule is CC(C)CN1CC(CC(=O)O)CC(NCC2CC2)C1. The van der Waals surface area contributed by atoms with Crippen molar-refractivity contribution in [3.05, 3.63) is 0 Å². The van der Waals surface area contributed by atoms with E-state index in [1.165, 1.54) is 12.8 Å². The van der Waals surface area contributed by atoms with Gasteiger partial charge in [-0.2, -0.15) is 0 Å². The van der Waals surface area contributed by atoms with E-state index < -0.39 is 5.97 Å². The number of carboxylic acids is 1. The minimum absolute atomic E-state index is 0.307. The van der Waals surface area contributed by atoms with Crippen LogP contribution in [-0.4, -0.2) is 48.2 Å². The van der Waals surface area contributed by atoms with Crippen molar-refractivity contribution in [3.63, 3.8) is 0 Å². The largest absolute Gasteiger partial charge is 0.481 e. The van der Waals surface area contributed by atoms with Gasteiger partial charge in [-0.25, -0.2) is 0 Å². The van der Waals surface area contributed by atoms with Crippen LogP contribution in [0.1, 0.15) is 39.5 Å². The summed E-state index contributed by atoms with van der Waals surface area (Å²) in [5.74, 6) is 1.19. The average molecular weight is 268 g/mol. The Morgan fingerprint density at radius 2 is 2.05 bits per heavy atom. The summed E-state index contributed by atoms with van der Waals surface area (Å²) in [6.45, 7) is 8.70. The van der Waals surface area contributed by atoms with Gasteiger partial charge in [-0.15, -0.1) is 0 Å². The molecule has 110 valence electrons. The highest BCUT2D eigenvalue weighted by atomic mass is 16.4. The molecule has 0 radical (unpaired) electrons. The molecule has 2 aliphatic rings. The normalized spacial score (nSPS) is 28.8. The van der Waals surface area contributed by atoms with Crippen molar-refractivity contribution in [2.45, 2.75) is 45.6 Å². The van der Waals surface area contributed by atoms with Gasteiger partial charge in [-0.1, -0.05) is 13.8 Å². The Hall–Kier alpha value is -0.610. The Morgan fingerprint density at radius 1 is 1.32 bits per heavy atom. The minimum Gasteiger partial charge on any atom is -0.481 e. The molecule has 1 heterocycles. The van der Waals surface area contributed by atoms with E-state index in [0.29, 0.717) is 24.3 Å². The third kappa shape index (κ3) is 5.49. The second-order valence-electron chi connectivity index (χ2n) is 6.86. The maximum atomic E-state index is 10.9. The lowest BCUT2D eigenvalue weighted by molar-refractivity contribution is -0.138. The highest BCUT2D eigenvalue weighted by molar-refractivity contribution is 5.67. The first-order valence-electron chi connectivity index (χ1n) is 7.70. The van der Waals surface area contributed by atoms with Crippen molar-refractivity contribution < 1.29 is 9.90 Å². The standard InChI is InChI=1S/C15H28N2O2/c1-11(2)8-17-9-13(6-15(18)19)5-14(10-17)16-7-12-3-4-12/h11-14,16H,3-10H2,1-2H3,(H,18,19). The van der Waals surface area contributed by atoms with Crippen LogP contribution in [0.3, 0.4) is 0 Å². The summed E-state index contributed by atoms with van der Waals surface area (Å²) in [4.78, 5) is 13.4. The lowest BCUT2D eigenvalue weighted by Crippen LogP contribution is -2.50. The molecule has 0 aromatic carbocycles. The molecule has 1 saturated heterocycles. The number of nitrogens with zero attached hydrogens (tertiary/aromatic N) is 1. The number of piperidine rings is 1. The highest BCUT2D eigenvalue weighted by Crippen LogP contribution is 2.28. The topological polar surface area (TPSA) is 52.6 Å². The average Bonchev–Trinajstić information content (AvgIpc) is 3.07. The third-order valence-corrected chi connectivity index (χ3v) is 4.09. The predicted octanol–water partition coefficient (Wildman–Crippen LogP) is 1.81. The first kappa shape index (κ1) is 14.8. The number of carbonyl (C=O) groups is 1. The number of likely N-dealkylation sites (tertiary alicyclic amines) is 1. The van der Waals surface area contributed by atoms with Gasteiger partial charge < -0.3 is 15.3 Å². The molecule has 0 bridgehead atoms. The van der Waals surface area contributed by atoms with Gasteiger partial charge in [-0.05, 0) is 43.6 Å². The number of hydrogen-bond acceptors (Lipinski definition) is 3. The van der Waals surface area contributed by atoms with Crippen LogP contribution < -0.4 is 5.32 Å². The van der Waals surface area contributed by atoms with Gasteiger partial charge in [0, 0.05) is 32.1 Å². The number of carboxylic acid groups (broad SMARTS) is 1. The zero-order valence-electron chi connectivity index (χ0n) is 12.3. The van der Waals surface area contributed by atoms with Crippen LogP contribution in [-0.2, 0) is 4.79 Å². The molecule has 19 heavy (non-hydrogen) atoms. The molecule has 2 atom stereocenters. The summed E-state index contributed by atoms with van der Waals surface area (Å²) < 4.78 is 0. The monoisotopic (exact) mass is 268 g/mol. The maximum Gasteiger partial charge on any atom is 0.303 e. The molecular weight excluding hydrogens is 240 g/mol. The van der Waals surface area contributed by atoms with E-state index in [1.807, 2.05) is 0 Å². The maximum absolute atomic E-state index is 10.9. The fourth-order valence-corrected chi connectivity index (χ4v) is 3.17. The number of rotatable bonds is 7. The lowest BCUT2D eigenvalue weighted by atomic mass is 9.91. The molecule has 1 aliphatic carbocycles. The van der Waals surface area contributed by atoms with E-state index >= 15 is 0 Å². The van der Waals surface area contributed by atoms with Crippen LogP contribution in [0.15, 0.2) is 0 Å². The van der Waals surface area contributed by atoms with E-state index in [2.05, 4.69) is 24.1 Å². The molecule has 0 aromatic rings. The minimum atomic E-state index is -0.655. The molecular formula is C15H28N2O2. The third-order valence-electron chi connectivity index (χ3n) is 4.09. The van der Waals surface area contributed by atoms with Crippen LogP contribution in [0.4, 0.5) is 0 Å². The van der Waals surface area contributed by atoms with Crippen LogP contribution in [0.25, 0.3) is 0 Å².